The van der Waals surface area contributed by atoms with E-state index in [9.17, 15) is 9.59 Å². The topological polar surface area (TPSA) is 108 Å². The lowest BCUT2D eigenvalue weighted by molar-refractivity contribution is 0.0951. The van der Waals surface area contributed by atoms with Crippen molar-refractivity contribution in [1.82, 2.24) is 29.9 Å². The summed E-state index contributed by atoms with van der Waals surface area (Å²) in [5.74, 6) is 0.267. The molecule has 3 heterocycles. The Morgan fingerprint density at radius 2 is 2.09 bits per heavy atom. The van der Waals surface area contributed by atoms with Gasteiger partial charge in [0.1, 0.15) is 0 Å². The molecule has 8 nitrogen and oxygen atoms in total. The molecule has 0 radical (unpaired) electrons. The fourth-order valence-electron chi connectivity index (χ4n) is 2.52. The first-order valence-corrected chi connectivity index (χ1v) is 6.99. The molecule has 0 aliphatic carbocycles. The number of aromatic amines is 2. The Kier molecular flexibility index (Phi) is 2.94. The highest BCUT2D eigenvalue weighted by atomic mass is 16.1. The van der Waals surface area contributed by atoms with Gasteiger partial charge in [-0.3, -0.25) is 14.0 Å². The van der Waals surface area contributed by atoms with Crippen LogP contribution in [-0.2, 0) is 6.54 Å². The van der Waals surface area contributed by atoms with E-state index in [0.29, 0.717) is 11.4 Å². The minimum Gasteiger partial charge on any atom is -0.360 e. The summed E-state index contributed by atoms with van der Waals surface area (Å²) < 4.78 is 1.55. The van der Waals surface area contributed by atoms with E-state index >= 15 is 0 Å². The van der Waals surface area contributed by atoms with Crippen LogP contribution in [0.5, 0.6) is 0 Å². The Labute approximate surface area is 129 Å². The van der Waals surface area contributed by atoms with Gasteiger partial charge in [-0.1, -0.05) is 18.2 Å². The Bertz CT molecular complexity index is 1070. The van der Waals surface area contributed by atoms with E-state index in [2.05, 4.69) is 25.5 Å². The zero-order chi connectivity index (χ0) is 15.8. The minimum atomic E-state index is -0.325. The number of aromatic nitrogens is 5. The number of H-pyrrole nitrogens is 2. The van der Waals surface area contributed by atoms with E-state index in [4.69, 9.17) is 0 Å². The molecule has 0 unspecified atom stereocenters. The molecule has 1 aromatic carbocycles. The number of nitrogens with one attached hydrogen (secondary N) is 3. The maximum absolute atomic E-state index is 12.4. The molecule has 23 heavy (non-hydrogen) atoms. The summed E-state index contributed by atoms with van der Waals surface area (Å²) in [6.45, 7) is 0.170. The van der Waals surface area contributed by atoms with Crippen molar-refractivity contribution in [3.8, 4) is 0 Å². The maximum Gasteiger partial charge on any atom is 0.293 e. The van der Waals surface area contributed by atoms with Crippen LogP contribution >= 0.6 is 0 Å². The molecule has 8 heteroatoms. The fourth-order valence-corrected chi connectivity index (χ4v) is 2.52. The standard InChI is InChI=1S/C15H12N6O2/c22-14(10-7-17-11-4-2-1-3-9(10)11)18-8-12-19-20-13-15(23)16-5-6-21(12)13/h1-7,17H,8H2,(H,16,23)(H,18,22). The van der Waals surface area contributed by atoms with Crippen LogP contribution in [0.1, 0.15) is 16.2 Å². The van der Waals surface area contributed by atoms with E-state index < -0.39 is 0 Å². The predicted molar refractivity (Wildman–Crippen MR) is 83.1 cm³/mol. The number of benzene rings is 1. The van der Waals surface area contributed by atoms with Crippen LogP contribution in [0.4, 0.5) is 0 Å². The zero-order valence-corrected chi connectivity index (χ0v) is 11.9. The first-order valence-electron chi connectivity index (χ1n) is 6.99. The Balaban J connectivity index is 1.60. The molecule has 0 atom stereocenters. The molecular weight excluding hydrogens is 296 g/mol. The van der Waals surface area contributed by atoms with Gasteiger partial charge < -0.3 is 15.3 Å². The van der Waals surface area contributed by atoms with Gasteiger partial charge >= 0.3 is 0 Å². The molecular formula is C15H12N6O2. The number of hydrogen-bond donors (Lipinski definition) is 3. The first kappa shape index (κ1) is 13.3. The van der Waals surface area contributed by atoms with Crippen molar-refractivity contribution in [2.24, 2.45) is 0 Å². The second kappa shape index (κ2) is 5.09. The normalized spacial score (nSPS) is 11.1. The van der Waals surface area contributed by atoms with E-state index in [1.54, 1.807) is 16.8 Å². The summed E-state index contributed by atoms with van der Waals surface area (Å²) in [5, 5.41) is 11.4. The smallest absolute Gasteiger partial charge is 0.293 e. The van der Waals surface area contributed by atoms with Crippen molar-refractivity contribution in [3.05, 3.63) is 64.6 Å². The molecule has 0 saturated heterocycles. The van der Waals surface area contributed by atoms with Gasteiger partial charge in [-0.05, 0) is 6.07 Å². The molecule has 4 aromatic rings. The Hall–Kier alpha value is -3.42. The lowest BCUT2D eigenvalue weighted by Crippen LogP contribution is -2.24. The van der Waals surface area contributed by atoms with Crippen LogP contribution in [0, 0.1) is 0 Å². The lowest BCUT2D eigenvalue weighted by Gasteiger charge is -2.03. The van der Waals surface area contributed by atoms with Gasteiger partial charge in [0.25, 0.3) is 11.5 Å². The van der Waals surface area contributed by atoms with Crippen LogP contribution in [-0.4, -0.2) is 30.5 Å². The quantitative estimate of drug-likeness (QED) is 0.521. The van der Waals surface area contributed by atoms with Gasteiger partial charge in [-0.15, -0.1) is 10.2 Å². The molecule has 0 aliphatic heterocycles. The molecule has 3 N–H and O–H groups in total. The third-order valence-corrected chi connectivity index (χ3v) is 3.65. The van der Waals surface area contributed by atoms with Gasteiger partial charge in [-0.25, -0.2) is 0 Å². The number of hydrogen-bond acceptors (Lipinski definition) is 4. The molecule has 0 bridgehead atoms. The highest BCUT2D eigenvalue weighted by molar-refractivity contribution is 6.06. The van der Waals surface area contributed by atoms with Crippen molar-refractivity contribution in [1.29, 1.82) is 0 Å². The average molecular weight is 308 g/mol. The number of carbonyl (C=O) groups excluding carboxylic acids is 1. The zero-order valence-electron chi connectivity index (χ0n) is 11.9. The molecule has 3 aromatic heterocycles. The van der Waals surface area contributed by atoms with Crippen molar-refractivity contribution < 1.29 is 4.79 Å². The SMILES string of the molecule is O=C(NCc1nnc2c(=O)[nH]ccn12)c1c[nH]c2ccccc12. The second-order valence-corrected chi connectivity index (χ2v) is 5.03. The Morgan fingerprint density at radius 3 is 3.00 bits per heavy atom. The largest absolute Gasteiger partial charge is 0.360 e. The van der Waals surface area contributed by atoms with Gasteiger partial charge in [-0.2, -0.15) is 0 Å². The highest BCUT2D eigenvalue weighted by Crippen LogP contribution is 2.17. The van der Waals surface area contributed by atoms with Crippen molar-refractivity contribution in [2.45, 2.75) is 6.54 Å². The monoisotopic (exact) mass is 308 g/mol. The molecule has 4 rings (SSSR count). The predicted octanol–water partition coefficient (Wildman–Crippen LogP) is 0.829. The van der Waals surface area contributed by atoms with Crippen molar-refractivity contribution in [2.75, 3.05) is 0 Å². The number of amides is 1. The second-order valence-electron chi connectivity index (χ2n) is 5.03. The third-order valence-electron chi connectivity index (χ3n) is 3.65. The molecule has 0 saturated carbocycles. The third kappa shape index (κ3) is 2.16. The minimum absolute atomic E-state index is 0.170. The van der Waals surface area contributed by atoms with E-state index in [-0.39, 0.29) is 23.7 Å². The molecule has 114 valence electrons. The van der Waals surface area contributed by atoms with Crippen LogP contribution in [0.3, 0.4) is 0 Å². The lowest BCUT2D eigenvalue weighted by atomic mass is 10.1. The maximum atomic E-state index is 12.4. The first-order chi connectivity index (χ1) is 11.2. The molecule has 0 aliphatic rings. The van der Waals surface area contributed by atoms with Gasteiger partial charge in [0, 0.05) is 29.5 Å². The fraction of sp³-hybridized carbons (Fsp3) is 0.0667. The van der Waals surface area contributed by atoms with Crippen molar-refractivity contribution >= 4 is 22.5 Å². The van der Waals surface area contributed by atoms with E-state index in [1.165, 1.54) is 6.20 Å². The van der Waals surface area contributed by atoms with Crippen LogP contribution in [0.15, 0.2) is 47.7 Å². The van der Waals surface area contributed by atoms with Gasteiger partial charge in [0.2, 0.25) is 5.65 Å². The molecule has 1 amide bonds. The van der Waals surface area contributed by atoms with Crippen molar-refractivity contribution in [3.63, 3.8) is 0 Å². The Morgan fingerprint density at radius 1 is 1.22 bits per heavy atom. The summed E-state index contributed by atoms with van der Waals surface area (Å²) in [5.41, 5.74) is 1.34. The molecule has 0 fully saturated rings. The van der Waals surface area contributed by atoms with E-state index in [0.717, 1.165) is 10.9 Å². The van der Waals surface area contributed by atoms with Crippen LogP contribution in [0.2, 0.25) is 0 Å². The van der Waals surface area contributed by atoms with E-state index in [1.807, 2.05) is 24.3 Å². The number of nitrogens with zero attached hydrogens (tertiary/aromatic N) is 3. The molecule has 0 spiro atoms. The van der Waals surface area contributed by atoms with Crippen LogP contribution in [0.25, 0.3) is 16.6 Å². The number of carbonyl (C=O) groups is 1. The summed E-state index contributed by atoms with van der Waals surface area (Å²) in [7, 11) is 0. The van der Waals surface area contributed by atoms with Gasteiger partial charge in [0.15, 0.2) is 5.82 Å². The number of rotatable bonds is 3. The summed E-state index contributed by atoms with van der Waals surface area (Å²) in [4.78, 5) is 29.5. The van der Waals surface area contributed by atoms with Gasteiger partial charge in [0.05, 0.1) is 12.1 Å². The summed E-state index contributed by atoms with van der Waals surface area (Å²) in [6.07, 6.45) is 4.82. The number of fused-ring (bicyclic) bond motifs is 2. The van der Waals surface area contributed by atoms with Crippen LogP contribution < -0.4 is 10.9 Å². The number of para-hydroxylation sites is 1. The summed E-state index contributed by atoms with van der Waals surface area (Å²) >= 11 is 0. The summed E-state index contributed by atoms with van der Waals surface area (Å²) in [6, 6.07) is 7.57. The average Bonchev–Trinajstić information content (AvgIpc) is 3.17. The highest BCUT2D eigenvalue weighted by Gasteiger charge is 2.13.